The van der Waals surface area contributed by atoms with Crippen LogP contribution in [-0.2, 0) is 6.54 Å². The van der Waals surface area contributed by atoms with E-state index in [9.17, 15) is 18.7 Å². The number of benzene rings is 2. The van der Waals surface area contributed by atoms with Gasteiger partial charge < -0.3 is 5.11 Å². The third kappa shape index (κ3) is 3.26. The molecule has 3 aromatic rings. The van der Waals surface area contributed by atoms with Crippen molar-refractivity contribution >= 4 is 50.8 Å². The van der Waals surface area contributed by atoms with E-state index < -0.39 is 16.5 Å². The Bertz CT molecular complexity index is 1160. The van der Waals surface area contributed by atoms with Crippen LogP contribution in [0.2, 0.25) is 0 Å². The van der Waals surface area contributed by atoms with Crippen molar-refractivity contribution in [2.24, 2.45) is 4.99 Å². The molecule has 2 aromatic carbocycles. The summed E-state index contributed by atoms with van der Waals surface area (Å²) in [6.45, 7) is -0.390. The second kappa shape index (κ2) is 6.86. The molecule has 1 aromatic heterocycles. The van der Waals surface area contributed by atoms with Gasteiger partial charge in [-0.15, -0.1) is 0 Å². The molecule has 2 heterocycles. The van der Waals surface area contributed by atoms with Gasteiger partial charge in [0.1, 0.15) is 11.6 Å². The van der Waals surface area contributed by atoms with Gasteiger partial charge in [0, 0.05) is 27.4 Å². The molecule has 4 nitrogen and oxygen atoms in total. The number of rotatable bonds is 3. The summed E-state index contributed by atoms with van der Waals surface area (Å²) in [7, 11) is 0. The Morgan fingerprint density at radius 3 is 2.70 bits per heavy atom. The average molecular weight is 449 g/mol. The minimum Gasteiger partial charge on any atom is -0.493 e. The van der Waals surface area contributed by atoms with Crippen molar-refractivity contribution in [2.75, 3.05) is 0 Å². The first-order valence-electron chi connectivity index (χ1n) is 7.85. The second-order valence-corrected chi connectivity index (χ2v) is 7.77. The molecule has 0 spiro atoms. The first kappa shape index (κ1) is 17.8. The topological polar surface area (TPSA) is 54.6 Å². The van der Waals surface area contributed by atoms with Crippen LogP contribution >= 0.6 is 27.3 Å². The zero-order chi connectivity index (χ0) is 19.1. The van der Waals surface area contributed by atoms with E-state index in [1.165, 1.54) is 6.07 Å². The van der Waals surface area contributed by atoms with E-state index in [0.29, 0.717) is 4.88 Å². The summed E-state index contributed by atoms with van der Waals surface area (Å²) in [5.74, 6) is -1.87. The van der Waals surface area contributed by atoms with Crippen LogP contribution in [0.15, 0.2) is 50.7 Å². The van der Waals surface area contributed by atoms with Crippen LogP contribution in [0.4, 0.5) is 14.5 Å². The van der Waals surface area contributed by atoms with Crippen LogP contribution < -0.4 is 4.87 Å². The molecule has 0 saturated carbocycles. The molecule has 0 bridgehead atoms. The number of allylic oxidation sites excluding steroid dienone is 1. The molecular weight excluding hydrogens is 438 g/mol. The standard InChI is InChI=1S/C19H11BrF2N2O2S/c20-11-4-5-16-12(7-11)10(8-23-16)6-17-18(25)24(19(26)27-17)9-13-14(21)2-1-3-15(13)22/h1-8,25H,9H2/b10-6+. The highest BCUT2D eigenvalue weighted by Gasteiger charge is 2.19. The number of aromatic nitrogens is 1. The van der Waals surface area contributed by atoms with Crippen molar-refractivity contribution in [2.45, 2.75) is 6.54 Å². The molecule has 0 saturated heterocycles. The number of aliphatic imine (C=N–C) groups is 1. The SMILES string of the molecule is O=c1sc(/C=C2\C=Nc3ccc(Br)cc32)c(O)n1Cc1c(F)cccc1F. The molecule has 0 radical (unpaired) electrons. The monoisotopic (exact) mass is 448 g/mol. The minimum absolute atomic E-state index is 0.274. The number of hydrogen-bond acceptors (Lipinski definition) is 4. The summed E-state index contributed by atoms with van der Waals surface area (Å²) in [6.07, 6.45) is 3.28. The smallest absolute Gasteiger partial charge is 0.310 e. The summed E-state index contributed by atoms with van der Waals surface area (Å²) in [5.41, 5.74) is 2.09. The van der Waals surface area contributed by atoms with Crippen LogP contribution in [0.5, 0.6) is 5.88 Å². The number of aromatic hydroxyl groups is 1. The Balaban J connectivity index is 1.74. The lowest BCUT2D eigenvalue weighted by atomic mass is 10.1. The van der Waals surface area contributed by atoms with Gasteiger partial charge in [0.25, 0.3) is 0 Å². The fourth-order valence-corrected chi connectivity index (χ4v) is 4.00. The summed E-state index contributed by atoms with van der Waals surface area (Å²) in [6, 6.07) is 9.08. The van der Waals surface area contributed by atoms with Crippen molar-refractivity contribution < 1.29 is 13.9 Å². The molecule has 136 valence electrons. The van der Waals surface area contributed by atoms with Gasteiger partial charge in [-0.25, -0.2) is 8.78 Å². The summed E-state index contributed by atoms with van der Waals surface area (Å²) < 4.78 is 29.6. The number of thiazole rings is 1. The van der Waals surface area contributed by atoms with Crippen LogP contribution in [0.1, 0.15) is 16.0 Å². The van der Waals surface area contributed by atoms with Gasteiger partial charge in [-0.1, -0.05) is 33.3 Å². The first-order valence-corrected chi connectivity index (χ1v) is 9.46. The molecule has 27 heavy (non-hydrogen) atoms. The molecule has 0 unspecified atom stereocenters. The second-order valence-electron chi connectivity index (χ2n) is 5.86. The Kier molecular flexibility index (Phi) is 4.53. The van der Waals surface area contributed by atoms with E-state index in [1.807, 2.05) is 18.2 Å². The van der Waals surface area contributed by atoms with Crippen molar-refractivity contribution in [1.29, 1.82) is 0 Å². The fourth-order valence-electron chi connectivity index (χ4n) is 2.81. The molecule has 0 fully saturated rings. The van der Waals surface area contributed by atoms with Crippen molar-refractivity contribution in [3.05, 3.63) is 78.2 Å². The highest BCUT2D eigenvalue weighted by atomic mass is 79.9. The Labute approximate surface area is 164 Å². The fraction of sp³-hybridized carbons (Fsp3) is 0.0526. The van der Waals surface area contributed by atoms with E-state index in [-0.39, 0.29) is 18.0 Å². The summed E-state index contributed by atoms with van der Waals surface area (Å²) in [4.78, 5) is 16.3. The maximum atomic E-state index is 13.9. The average Bonchev–Trinajstić information content (AvgIpc) is 3.13. The van der Waals surface area contributed by atoms with Gasteiger partial charge in [-0.2, -0.15) is 0 Å². The van der Waals surface area contributed by atoms with Crippen LogP contribution in [0, 0.1) is 11.6 Å². The van der Waals surface area contributed by atoms with Gasteiger partial charge in [0.2, 0.25) is 5.88 Å². The van der Waals surface area contributed by atoms with Gasteiger partial charge in [-0.3, -0.25) is 14.4 Å². The van der Waals surface area contributed by atoms with E-state index >= 15 is 0 Å². The predicted octanol–water partition coefficient (Wildman–Crippen LogP) is 4.96. The predicted molar refractivity (Wildman–Crippen MR) is 106 cm³/mol. The Morgan fingerprint density at radius 1 is 1.22 bits per heavy atom. The lowest BCUT2D eigenvalue weighted by molar-refractivity contribution is 0.416. The third-order valence-corrected chi connectivity index (χ3v) is 5.58. The highest BCUT2D eigenvalue weighted by Crippen LogP contribution is 2.36. The molecule has 4 rings (SSSR count). The number of fused-ring (bicyclic) bond motifs is 1. The van der Waals surface area contributed by atoms with E-state index in [1.54, 1.807) is 12.3 Å². The van der Waals surface area contributed by atoms with Gasteiger partial charge in [0.15, 0.2) is 0 Å². The van der Waals surface area contributed by atoms with Crippen molar-refractivity contribution in [3.8, 4) is 5.88 Å². The summed E-state index contributed by atoms with van der Waals surface area (Å²) >= 11 is 4.20. The maximum absolute atomic E-state index is 13.9. The molecule has 1 N–H and O–H groups in total. The van der Waals surface area contributed by atoms with E-state index in [2.05, 4.69) is 20.9 Å². The minimum atomic E-state index is -0.769. The third-order valence-electron chi connectivity index (χ3n) is 4.17. The number of nitrogens with zero attached hydrogens (tertiary/aromatic N) is 2. The molecule has 0 amide bonds. The van der Waals surface area contributed by atoms with E-state index in [0.717, 1.165) is 49.3 Å². The van der Waals surface area contributed by atoms with Crippen molar-refractivity contribution in [3.63, 3.8) is 0 Å². The Hall–Kier alpha value is -2.58. The highest BCUT2D eigenvalue weighted by molar-refractivity contribution is 9.10. The largest absolute Gasteiger partial charge is 0.493 e. The van der Waals surface area contributed by atoms with Crippen LogP contribution in [0.25, 0.3) is 11.6 Å². The molecule has 0 atom stereocenters. The summed E-state index contributed by atoms with van der Waals surface area (Å²) in [5, 5.41) is 10.4. The normalized spacial score (nSPS) is 14.1. The maximum Gasteiger partial charge on any atom is 0.310 e. The van der Waals surface area contributed by atoms with Gasteiger partial charge in [-0.05, 0) is 36.4 Å². The van der Waals surface area contributed by atoms with Crippen LogP contribution in [-0.4, -0.2) is 15.9 Å². The zero-order valence-electron chi connectivity index (χ0n) is 13.6. The molecule has 0 aliphatic carbocycles. The van der Waals surface area contributed by atoms with Gasteiger partial charge in [0.05, 0.1) is 17.1 Å². The molecule has 1 aliphatic heterocycles. The number of halogens is 3. The quantitative estimate of drug-likeness (QED) is 0.615. The molecule has 1 aliphatic rings. The van der Waals surface area contributed by atoms with E-state index in [4.69, 9.17) is 0 Å². The Morgan fingerprint density at radius 2 is 1.96 bits per heavy atom. The van der Waals surface area contributed by atoms with Crippen LogP contribution in [0.3, 0.4) is 0 Å². The number of hydrogen-bond donors (Lipinski definition) is 1. The molecular formula is C19H11BrF2N2O2S. The first-order chi connectivity index (χ1) is 12.9. The van der Waals surface area contributed by atoms with Crippen molar-refractivity contribution in [1.82, 2.24) is 4.57 Å². The lowest BCUT2D eigenvalue weighted by Gasteiger charge is -2.06. The lowest BCUT2D eigenvalue weighted by Crippen LogP contribution is -2.15. The molecule has 8 heteroatoms. The van der Waals surface area contributed by atoms with Gasteiger partial charge >= 0.3 is 4.87 Å². The zero-order valence-corrected chi connectivity index (χ0v) is 16.0.